The van der Waals surface area contributed by atoms with Crippen molar-refractivity contribution in [3.05, 3.63) is 42.2 Å². The Hall–Kier alpha value is -1.10. The molecule has 0 bridgehead atoms. The van der Waals surface area contributed by atoms with Gasteiger partial charge >= 0.3 is 0 Å². The Balaban J connectivity index is 2.72. The zero-order valence-electron chi connectivity index (χ0n) is 21.4. The molecule has 0 aliphatic rings. The van der Waals surface area contributed by atoms with Gasteiger partial charge in [-0.25, -0.2) is 4.74 Å². The van der Waals surface area contributed by atoms with Crippen LogP contribution in [0.25, 0.3) is 0 Å². The zero-order valence-corrected chi connectivity index (χ0v) is 23.1. The lowest BCUT2D eigenvalue weighted by molar-refractivity contribution is 0.252. The fourth-order valence-electron chi connectivity index (χ4n) is 3.82. The number of furan rings is 1. The molecule has 1 aromatic heterocycles. The fraction of sp³-hybridized carbons (Fsp3) is 0.615. The predicted octanol–water partition coefficient (Wildman–Crippen LogP) is 9.17. The number of halogens is 2. The van der Waals surface area contributed by atoms with Crippen molar-refractivity contribution in [1.82, 2.24) is 4.67 Å². The van der Waals surface area contributed by atoms with E-state index in [4.69, 9.17) is 9.16 Å². The van der Waals surface area contributed by atoms with Crippen LogP contribution < -0.4 is 5.50 Å². The van der Waals surface area contributed by atoms with Gasteiger partial charge in [0, 0.05) is 23.1 Å². The van der Waals surface area contributed by atoms with Crippen LogP contribution in [0, 0.1) is 18.8 Å². The Bertz CT molecular complexity index is 905. The van der Waals surface area contributed by atoms with Crippen LogP contribution in [-0.2, 0) is 0 Å². The van der Waals surface area contributed by atoms with E-state index in [1.54, 1.807) is 12.1 Å². The quantitative estimate of drug-likeness (QED) is 0.228. The smallest absolute Gasteiger partial charge is 0.288 e. The Labute approximate surface area is 203 Å². The molecule has 0 unspecified atom stereocenters. The molecule has 0 aliphatic heterocycles. The first-order valence-corrected chi connectivity index (χ1v) is 14.4. The van der Waals surface area contributed by atoms with Crippen LogP contribution in [0.15, 0.2) is 50.5 Å². The highest BCUT2D eigenvalue weighted by Gasteiger charge is 2.43. The van der Waals surface area contributed by atoms with Crippen molar-refractivity contribution in [3.8, 4) is 0 Å². The van der Waals surface area contributed by atoms with Gasteiger partial charge in [-0.1, -0.05) is 60.2 Å². The van der Waals surface area contributed by atoms with E-state index in [0.29, 0.717) is 28.5 Å². The van der Waals surface area contributed by atoms with Crippen LogP contribution in [-0.4, -0.2) is 28.7 Å². The number of benzene rings is 1. The molecule has 3 nitrogen and oxygen atoms in total. The second kappa shape index (κ2) is 12.0. The number of alkyl halides is 2. The zero-order chi connectivity index (χ0) is 24.8. The van der Waals surface area contributed by atoms with E-state index in [0.717, 1.165) is 42.9 Å². The number of hydrogen-bond acceptors (Lipinski definition) is 3. The monoisotopic (exact) mass is 498 g/mol. The summed E-state index contributed by atoms with van der Waals surface area (Å²) >= 11 is 0.564. The van der Waals surface area contributed by atoms with Crippen molar-refractivity contribution in [3.63, 3.8) is 0 Å². The van der Waals surface area contributed by atoms with E-state index in [2.05, 4.69) is 59.2 Å². The molecule has 2 rings (SSSR count). The lowest BCUT2D eigenvalue weighted by Gasteiger charge is -2.44. The van der Waals surface area contributed by atoms with Crippen molar-refractivity contribution in [1.29, 1.82) is 0 Å². The van der Waals surface area contributed by atoms with E-state index in [1.165, 1.54) is 0 Å². The molecule has 33 heavy (non-hydrogen) atoms. The van der Waals surface area contributed by atoms with Gasteiger partial charge in [0.1, 0.15) is 13.0 Å². The number of hydrogen-bond donors (Lipinski definition) is 0. The van der Waals surface area contributed by atoms with Crippen molar-refractivity contribution in [2.45, 2.75) is 84.0 Å². The third-order valence-electron chi connectivity index (χ3n) is 5.63. The highest BCUT2D eigenvalue weighted by molar-refractivity contribution is 7.99. The SMILES string of the molecule is Cc1ccc([P@](=Nc2ccc(SC(F)F)cc2)(N(CCC(C)C)CCC(C)C)C(C)(C)C)o1. The molecule has 0 N–H and O–H groups in total. The second-order valence-electron chi connectivity index (χ2n) is 10.4. The molecule has 0 saturated carbocycles. The standard InChI is InChI=1S/C26H41F2N2OPS/c1-19(2)15-17-30(18-16-20(3)4)32(26(6,7)8,24-14-9-21(5)31-24)29-22-10-12-23(13-11-22)33-25(27)28/h9-14,19-20,25H,15-18H2,1-8H3/t32-/m0/s1. The molecular formula is C26H41F2N2OPS. The fourth-order valence-corrected chi connectivity index (χ4v) is 8.47. The molecule has 0 saturated heterocycles. The van der Waals surface area contributed by atoms with Gasteiger partial charge in [0.05, 0.1) is 5.69 Å². The van der Waals surface area contributed by atoms with Gasteiger partial charge in [-0.3, -0.25) is 4.67 Å². The average Bonchev–Trinajstić information content (AvgIpc) is 3.12. The average molecular weight is 499 g/mol. The third-order valence-corrected chi connectivity index (χ3v) is 10.8. The van der Waals surface area contributed by atoms with E-state index >= 15 is 0 Å². The number of aryl methyl sites for hydroxylation is 1. The number of thioether (sulfide) groups is 1. The summed E-state index contributed by atoms with van der Waals surface area (Å²) in [5.41, 5.74) is 1.75. The number of nitrogens with zero attached hydrogens (tertiary/aromatic N) is 2. The largest absolute Gasteiger partial charge is 0.459 e. The highest BCUT2D eigenvalue weighted by atomic mass is 32.2. The van der Waals surface area contributed by atoms with E-state index < -0.39 is 13.0 Å². The van der Waals surface area contributed by atoms with Gasteiger partial charge in [0.15, 0.2) is 5.50 Å². The van der Waals surface area contributed by atoms with Crippen LogP contribution >= 0.6 is 19.0 Å². The van der Waals surface area contributed by atoms with Crippen LogP contribution in [0.2, 0.25) is 0 Å². The molecule has 2 aromatic rings. The first-order chi connectivity index (χ1) is 15.3. The lowest BCUT2D eigenvalue weighted by atomic mass is 10.1. The maximum atomic E-state index is 12.8. The summed E-state index contributed by atoms with van der Waals surface area (Å²) in [7, 11) is -2.36. The first-order valence-electron chi connectivity index (χ1n) is 11.8. The van der Waals surface area contributed by atoms with Gasteiger partial charge in [-0.15, -0.1) is 0 Å². The summed E-state index contributed by atoms with van der Waals surface area (Å²) in [5.74, 6) is -0.386. The normalized spacial score (nSPS) is 14.5. The van der Waals surface area contributed by atoms with E-state index in [9.17, 15) is 8.78 Å². The first kappa shape index (κ1) is 28.1. The highest BCUT2D eigenvalue weighted by Crippen LogP contribution is 2.64. The van der Waals surface area contributed by atoms with Crippen LogP contribution in [0.4, 0.5) is 14.5 Å². The minimum atomic E-state index is -2.43. The second-order valence-corrected chi connectivity index (χ2v) is 15.3. The van der Waals surface area contributed by atoms with Crippen LogP contribution in [0.1, 0.15) is 67.1 Å². The Morgan fingerprint density at radius 1 is 0.939 bits per heavy atom. The molecule has 0 amide bonds. The minimum Gasteiger partial charge on any atom is -0.459 e. The van der Waals surface area contributed by atoms with Crippen LogP contribution in [0.5, 0.6) is 0 Å². The molecule has 1 atom stereocenters. The van der Waals surface area contributed by atoms with Gasteiger partial charge in [-0.05, 0) is 68.0 Å². The minimum absolute atomic E-state index is 0.179. The van der Waals surface area contributed by atoms with Crippen molar-refractivity contribution in [2.24, 2.45) is 16.6 Å². The topological polar surface area (TPSA) is 28.7 Å². The summed E-state index contributed by atoms with van der Waals surface area (Å²) < 4.78 is 40.0. The van der Waals surface area contributed by atoms with Gasteiger partial charge < -0.3 is 4.42 Å². The third kappa shape index (κ3) is 7.70. The molecule has 0 aliphatic carbocycles. The van der Waals surface area contributed by atoms with E-state index in [-0.39, 0.29) is 5.16 Å². The predicted molar refractivity (Wildman–Crippen MR) is 141 cm³/mol. The van der Waals surface area contributed by atoms with Gasteiger partial charge in [0.25, 0.3) is 5.76 Å². The molecule has 1 heterocycles. The van der Waals surface area contributed by atoms with Crippen molar-refractivity contribution in [2.75, 3.05) is 13.1 Å². The summed E-state index contributed by atoms with van der Waals surface area (Å²) in [4.78, 5) is 0.550. The summed E-state index contributed by atoms with van der Waals surface area (Å²) in [5, 5.41) is -0.179. The summed E-state index contributed by atoms with van der Waals surface area (Å²) in [6, 6.07) is 11.3. The van der Waals surface area contributed by atoms with Crippen molar-refractivity contribution < 1.29 is 13.2 Å². The Kier molecular flexibility index (Phi) is 10.3. The maximum absolute atomic E-state index is 12.8. The summed E-state index contributed by atoms with van der Waals surface area (Å²) in [6.07, 6.45) is 2.16. The molecule has 0 spiro atoms. The lowest BCUT2D eigenvalue weighted by Crippen LogP contribution is -2.38. The molecule has 7 heteroatoms. The van der Waals surface area contributed by atoms with Gasteiger partial charge in [0.2, 0.25) is 0 Å². The Morgan fingerprint density at radius 3 is 1.88 bits per heavy atom. The molecule has 0 radical (unpaired) electrons. The van der Waals surface area contributed by atoms with Gasteiger partial charge in [-0.2, -0.15) is 8.78 Å². The molecule has 186 valence electrons. The van der Waals surface area contributed by atoms with Crippen molar-refractivity contribution >= 4 is 30.2 Å². The summed E-state index contributed by atoms with van der Waals surface area (Å²) in [6.45, 7) is 19.6. The molecular weight excluding hydrogens is 457 g/mol. The molecule has 0 fully saturated rings. The number of rotatable bonds is 11. The maximum Gasteiger partial charge on any atom is 0.288 e. The molecule has 1 aromatic carbocycles. The Morgan fingerprint density at radius 2 is 1.48 bits per heavy atom. The van der Waals surface area contributed by atoms with E-state index in [1.807, 2.05) is 25.1 Å². The van der Waals surface area contributed by atoms with Crippen LogP contribution in [0.3, 0.4) is 0 Å².